The first kappa shape index (κ1) is 12.5. The van der Waals surface area contributed by atoms with E-state index in [1.807, 2.05) is 19.0 Å². The zero-order chi connectivity index (χ0) is 13.1. The van der Waals surface area contributed by atoms with Gasteiger partial charge in [-0.05, 0) is 0 Å². The van der Waals surface area contributed by atoms with Crippen LogP contribution in [0, 0.1) is 0 Å². The summed E-state index contributed by atoms with van der Waals surface area (Å²) >= 11 is 1.26. The second-order valence-electron chi connectivity index (χ2n) is 3.90. The summed E-state index contributed by atoms with van der Waals surface area (Å²) in [5, 5.41) is 11.9. The van der Waals surface area contributed by atoms with Crippen molar-refractivity contribution >= 4 is 22.2 Å². The third-order valence-electron chi connectivity index (χ3n) is 2.45. The Morgan fingerprint density at radius 1 is 1.50 bits per heavy atom. The summed E-state index contributed by atoms with van der Waals surface area (Å²) in [6, 6.07) is 1.55. The normalized spacial score (nSPS) is 10.4. The fourth-order valence-electron chi connectivity index (χ4n) is 1.43. The number of aromatic nitrogens is 4. The molecule has 0 radical (unpaired) electrons. The van der Waals surface area contributed by atoms with E-state index in [0.29, 0.717) is 6.54 Å². The molecule has 0 aliphatic carbocycles. The second kappa shape index (κ2) is 5.13. The minimum absolute atomic E-state index is 0.156. The molecule has 0 atom stereocenters. The fraction of sp³-hybridized carbons (Fsp3) is 0.400. The molecule has 2 aromatic heterocycles. The minimum Gasteiger partial charge on any atom is -0.377 e. The van der Waals surface area contributed by atoms with E-state index in [-0.39, 0.29) is 5.56 Å². The fourth-order valence-corrected chi connectivity index (χ4v) is 1.95. The SMILES string of the molecule is CNc1snnc1Cn1ncc(N(C)C)cc1=O. The predicted molar refractivity (Wildman–Crippen MR) is 71.4 cm³/mol. The van der Waals surface area contributed by atoms with Crippen LogP contribution in [0.25, 0.3) is 0 Å². The molecule has 0 saturated carbocycles. The van der Waals surface area contributed by atoms with E-state index in [4.69, 9.17) is 0 Å². The maximum Gasteiger partial charge on any atom is 0.269 e. The zero-order valence-corrected chi connectivity index (χ0v) is 11.2. The summed E-state index contributed by atoms with van der Waals surface area (Å²) in [5.41, 5.74) is 1.34. The van der Waals surface area contributed by atoms with Gasteiger partial charge in [-0.25, -0.2) is 4.68 Å². The van der Waals surface area contributed by atoms with Crippen LogP contribution >= 0.6 is 11.5 Å². The summed E-state index contributed by atoms with van der Waals surface area (Å²) in [6.07, 6.45) is 1.65. The maximum absolute atomic E-state index is 11.9. The molecule has 0 spiro atoms. The van der Waals surface area contributed by atoms with Crippen molar-refractivity contribution in [2.75, 3.05) is 31.4 Å². The van der Waals surface area contributed by atoms with Gasteiger partial charge in [0, 0.05) is 38.7 Å². The van der Waals surface area contributed by atoms with E-state index in [2.05, 4.69) is 20.0 Å². The van der Waals surface area contributed by atoms with Gasteiger partial charge in [0.05, 0.1) is 18.4 Å². The Morgan fingerprint density at radius 3 is 2.89 bits per heavy atom. The third-order valence-corrected chi connectivity index (χ3v) is 3.24. The average Bonchev–Trinajstić information content (AvgIpc) is 2.78. The van der Waals surface area contributed by atoms with E-state index in [9.17, 15) is 4.79 Å². The van der Waals surface area contributed by atoms with Gasteiger partial charge < -0.3 is 10.2 Å². The molecule has 96 valence electrons. The summed E-state index contributed by atoms with van der Waals surface area (Å²) in [5.74, 6) is 0. The van der Waals surface area contributed by atoms with Crippen molar-refractivity contribution in [3.63, 3.8) is 0 Å². The molecule has 0 bridgehead atoms. The van der Waals surface area contributed by atoms with Crippen molar-refractivity contribution in [2.24, 2.45) is 0 Å². The highest BCUT2D eigenvalue weighted by atomic mass is 32.1. The molecule has 0 fully saturated rings. The van der Waals surface area contributed by atoms with Crippen LogP contribution in [0.5, 0.6) is 0 Å². The standard InChI is InChI=1S/C10H14N6OS/c1-11-10-8(13-14-18-10)6-16-9(17)4-7(5-12-16)15(2)3/h4-5,11H,6H2,1-3H3. The molecule has 18 heavy (non-hydrogen) atoms. The summed E-state index contributed by atoms with van der Waals surface area (Å²) in [4.78, 5) is 13.7. The molecule has 1 N–H and O–H groups in total. The third kappa shape index (κ3) is 2.48. The van der Waals surface area contributed by atoms with Gasteiger partial charge in [0.1, 0.15) is 10.7 Å². The number of nitrogens with zero attached hydrogens (tertiary/aromatic N) is 5. The molecule has 7 nitrogen and oxygen atoms in total. The molecule has 0 aliphatic rings. The lowest BCUT2D eigenvalue weighted by Gasteiger charge is -2.12. The number of nitrogens with one attached hydrogen (secondary N) is 1. The largest absolute Gasteiger partial charge is 0.377 e. The lowest BCUT2D eigenvalue weighted by Crippen LogP contribution is -2.25. The molecule has 0 amide bonds. The molecule has 2 aromatic rings. The van der Waals surface area contributed by atoms with Crippen molar-refractivity contribution in [1.29, 1.82) is 0 Å². The van der Waals surface area contributed by atoms with Gasteiger partial charge >= 0.3 is 0 Å². The van der Waals surface area contributed by atoms with Crippen LogP contribution in [0.3, 0.4) is 0 Å². The Bertz CT molecular complexity index is 590. The highest BCUT2D eigenvalue weighted by molar-refractivity contribution is 7.10. The van der Waals surface area contributed by atoms with Crippen LogP contribution in [0.2, 0.25) is 0 Å². The lowest BCUT2D eigenvalue weighted by molar-refractivity contribution is 0.626. The van der Waals surface area contributed by atoms with Gasteiger partial charge in [0.15, 0.2) is 0 Å². The Hall–Kier alpha value is -1.96. The lowest BCUT2D eigenvalue weighted by atomic mass is 10.4. The Labute approximate surface area is 108 Å². The van der Waals surface area contributed by atoms with Gasteiger partial charge in [-0.3, -0.25) is 4.79 Å². The second-order valence-corrected chi connectivity index (χ2v) is 4.66. The predicted octanol–water partition coefficient (Wildman–Crippen LogP) is 0.251. The van der Waals surface area contributed by atoms with E-state index in [1.54, 1.807) is 19.3 Å². The van der Waals surface area contributed by atoms with Crippen LogP contribution in [0.4, 0.5) is 10.7 Å². The molecule has 0 aromatic carbocycles. The number of rotatable bonds is 4. The van der Waals surface area contributed by atoms with E-state index in [1.165, 1.54) is 16.2 Å². The molecule has 2 rings (SSSR count). The van der Waals surface area contributed by atoms with Crippen molar-refractivity contribution in [3.05, 3.63) is 28.3 Å². The number of anilines is 2. The van der Waals surface area contributed by atoms with E-state index < -0.39 is 0 Å². The Kier molecular flexibility index (Phi) is 3.56. The molecule has 0 unspecified atom stereocenters. The first-order valence-electron chi connectivity index (χ1n) is 5.35. The molecule has 2 heterocycles. The summed E-state index contributed by atoms with van der Waals surface area (Å²) in [6.45, 7) is 0.319. The van der Waals surface area contributed by atoms with Gasteiger partial charge in [-0.15, -0.1) is 5.10 Å². The highest BCUT2D eigenvalue weighted by Gasteiger charge is 2.09. The Morgan fingerprint density at radius 2 is 2.28 bits per heavy atom. The quantitative estimate of drug-likeness (QED) is 0.855. The monoisotopic (exact) mass is 266 g/mol. The van der Waals surface area contributed by atoms with Crippen molar-refractivity contribution in [3.8, 4) is 0 Å². The van der Waals surface area contributed by atoms with Crippen molar-refractivity contribution in [1.82, 2.24) is 19.4 Å². The molecule has 0 aliphatic heterocycles. The van der Waals surface area contributed by atoms with Gasteiger partial charge in [0.2, 0.25) is 0 Å². The van der Waals surface area contributed by atoms with Gasteiger partial charge in [0.25, 0.3) is 5.56 Å². The van der Waals surface area contributed by atoms with Gasteiger partial charge in [-0.1, -0.05) is 4.49 Å². The van der Waals surface area contributed by atoms with Gasteiger partial charge in [-0.2, -0.15) is 5.10 Å². The minimum atomic E-state index is -0.156. The molecular formula is C10H14N6OS. The van der Waals surface area contributed by atoms with Crippen molar-refractivity contribution < 1.29 is 0 Å². The number of hydrogen-bond acceptors (Lipinski definition) is 7. The summed E-state index contributed by atoms with van der Waals surface area (Å²) in [7, 11) is 5.53. The molecule has 0 saturated heterocycles. The topological polar surface area (TPSA) is 75.9 Å². The van der Waals surface area contributed by atoms with E-state index >= 15 is 0 Å². The van der Waals surface area contributed by atoms with Crippen LogP contribution in [-0.4, -0.2) is 40.5 Å². The van der Waals surface area contributed by atoms with Crippen LogP contribution in [-0.2, 0) is 6.54 Å². The first-order chi connectivity index (χ1) is 8.61. The smallest absolute Gasteiger partial charge is 0.269 e. The molecular weight excluding hydrogens is 252 g/mol. The van der Waals surface area contributed by atoms with Crippen LogP contribution in [0.1, 0.15) is 5.69 Å². The summed E-state index contributed by atoms with van der Waals surface area (Å²) < 4.78 is 5.21. The number of hydrogen-bond donors (Lipinski definition) is 1. The average molecular weight is 266 g/mol. The highest BCUT2D eigenvalue weighted by Crippen LogP contribution is 2.16. The molecule has 8 heteroatoms. The van der Waals surface area contributed by atoms with Crippen LogP contribution < -0.4 is 15.8 Å². The maximum atomic E-state index is 11.9. The van der Waals surface area contributed by atoms with E-state index in [0.717, 1.165) is 16.4 Å². The Balaban J connectivity index is 2.28. The van der Waals surface area contributed by atoms with Crippen molar-refractivity contribution in [2.45, 2.75) is 6.54 Å². The zero-order valence-electron chi connectivity index (χ0n) is 10.4. The van der Waals surface area contributed by atoms with Crippen LogP contribution in [0.15, 0.2) is 17.1 Å². The first-order valence-corrected chi connectivity index (χ1v) is 6.12.